The van der Waals surface area contributed by atoms with E-state index in [1.54, 1.807) is 12.4 Å². The summed E-state index contributed by atoms with van der Waals surface area (Å²) in [6, 6.07) is 4.50. The highest BCUT2D eigenvalue weighted by Gasteiger charge is 2.40. The number of nitrogens with zero attached hydrogens (tertiary/aromatic N) is 2. The van der Waals surface area contributed by atoms with Crippen molar-refractivity contribution in [2.75, 3.05) is 6.61 Å². The van der Waals surface area contributed by atoms with Gasteiger partial charge in [-0.1, -0.05) is 6.58 Å². The Labute approximate surface area is 176 Å². The Bertz CT molecular complexity index is 936. The van der Waals surface area contributed by atoms with Gasteiger partial charge in [-0.15, -0.1) is 13.2 Å². The van der Waals surface area contributed by atoms with Crippen molar-refractivity contribution < 1.29 is 31.8 Å². The molecule has 1 aliphatic carbocycles. The van der Waals surface area contributed by atoms with Crippen molar-refractivity contribution in [3.8, 4) is 11.3 Å². The number of carbonyl (C=O) groups excluding carboxylic acids is 1. The number of carbonyl (C=O) groups is 1. The van der Waals surface area contributed by atoms with Gasteiger partial charge in [0.25, 0.3) is 0 Å². The van der Waals surface area contributed by atoms with Gasteiger partial charge < -0.3 is 14.6 Å². The van der Waals surface area contributed by atoms with Crippen molar-refractivity contribution in [1.29, 1.82) is 0 Å². The van der Waals surface area contributed by atoms with Crippen molar-refractivity contribution >= 4 is 5.91 Å². The number of amides is 1. The van der Waals surface area contributed by atoms with Gasteiger partial charge in [0.1, 0.15) is 12.4 Å². The highest BCUT2D eigenvalue weighted by atomic mass is 19.4. The van der Waals surface area contributed by atoms with Crippen LogP contribution in [0.25, 0.3) is 11.3 Å². The molecular weight excluding hydrogens is 418 g/mol. The molecule has 0 bridgehead atoms. The number of ether oxygens (including phenoxy) is 2. The number of aryl methyl sites for hydroxylation is 2. The van der Waals surface area contributed by atoms with Gasteiger partial charge in [-0.3, -0.25) is 9.53 Å². The van der Waals surface area contributed by atoms with Crippen LogP contribution in [0.1, 0.15) is 24.8 Å². The van der Waals surface area contributed by atoms with Crippen LogP contribution in [0.4, 0.5) is 17.6 Å². The van der Waals surface area contributed by atoms with Crippen LogP contribution in [0.3, 0.4) is 0 Å². The zero-order valence-corrected chi connectivity index (χ0v) is 16.9. The first-order valence-electron chi connectivity index (χ1n) is 9.71. The molecule has 10 heteroatoms. The molecule has 0 atom stereocenters. The highest BCUT2D eigenvalue weighted by Crippen LogP contribution is 2.32. The zero-order valence-electron chi connectivity index (χ0n) is 16.9. The Hall–Kier alpha value is -2.72. The SMILES string of the molecule is C=C(CCn1cnc(-c2ccc(F)cc2C)c1)NC(=O)CO[C@H]1C[C@@H](OC(F)(F)F)C1. The number of rotatable bonds is 9. The van der Waals surface area contributed by atoms with Crippen LogP contribution in [-0.4, -0.2) is 40.6 Å². The van der Waals surface area contributed by atoms with Gasteiger partial charge in [0.15, 0.2) is 0 Å². The van der Waals surface area contributed by atoms with E-state index in [4.69, 9.17) is 4.74 Å². The van der Waals surface area contributed by atoms with E-state index in [2.05, 4.69) is 21.6 Å². The van der Waals surface area contributed by atoms with Gasteiger partial charge in [-0.25, -0.2) is 9.37 Å². The average Bonchev–Trinajstić information content (AvgIpc) is 3.09. The summed E-state index contributed by atoms with van der Waals surface area (Å²) in [5, 5.41) is 2.61. The molecule has 1 fully saturated rings. The summed E-state index contributed by atoms with van der Waals surface area (Å²) < 4.78 is 60.5. The van der Waals surface area contributed by atoms with Gasteiger partial charge in [-0.2, -0.15) is 0 Å². The number of benzene rings is 1. The third kappa shape index (κ3) is 6.90. The number of halogens is 4. The average molecular weight is 441 g/mol. The summed E-state index contributed by atoms with van der Waals surface area (Å²) in [4.78, 5) is 16.2. The molecular formula is C21H23F4N3O3. The molecule has 1 saturated carbocycles. The van der Waals surface area contributed by atoms with Gasteiger partial charge in [0, 0.05) is 43.3 Å². The van der Waals surface area contributed by atoms with Gasteiger partial charge in [0.2, 0.25) is 5.91 Å². The lowest BCUT2D eigenvalue weighted by molar-refractivity contribution is -0.357. The smallest absolute Gasteiger partial charge is 0.368 e. The first-order valence-corrected chi connectivity index (χ1v) is 9.71. The lowest BCUT2D eigenvalue weighted by atomic mass is 9.92. The molecule has 0 aliphatic heterocycles. The van der Waals surface area contributed by atoms with Crippen molar-refractivity contribution in [2.45, 2.75) is 51.3 Å². The first-order chi connectivity index (χ1) is 14.6. The highest BCUT2D eigenvalue weighted by molar-refractivity contribution is 5.78. The number of aromatic nitrogens is 2. The molecule has 0 unspecified atom stereocenters. The summed E-state index contributed by atoms with van der Waals surface area (Å²) in [6.07, 6.45) is -1.87. The van der Waals surface area contributed by atoms with Crippen LogP contribution in [0, 0.1) is 12.7 Å². The minimum atomic E-state index is -4.65. The van der Waals surface area contributed by atoms with Crippen LogP contribution in [-0.2, 0) is 20.8 Å². The molecule has 1 aromatic carbocycles. The van der Waals surface area contributed by atoms with Gasteiger partial charge >= 0.3 is 6.36 Å². The van der Waals surface area contributed by atoms with E-state index in [1.165, 1.54) is 12.1 Å². The number of hydrogen-bond acceptors (Lipinski definition) is 4. The largest absolute Gasteiger partial charge is 0.522 e. The fraction of sp³-hybridized carbons (Fsp3) is 0.429. The van der Waals surface area contributed by atoms with E-state index < -0.39 is 24.5 Å². The lowest BCUT2D eigenvalue weighted by Crippen LogP contribution is -2.42. The first kappa shape index (κ1) is 23.0. The summed E-state index contributed by atoms with van der Waals surface area (Å²) in [5.41, 5.74) is 2.82. The maximum absolute atomic E-state index is 13.3. The van der Waals surface area contributed by atoms with Crippen molar-refractivity contribution in [2.24, 2.45) is 0 Å². The van der Waals surface area contributed by atoms with Crippen molar-refractivity contribution in [3.63, 3.8) is 0 Å². The molecule has 3 rings (SSSR count). The fourth-order valence-electron chi connectivity index (χ4n) is 3.23. The Balaban J connectivity index is 1.36. The maximum Gasteiger partial charge on any atom is 0.522 e. The van der Waals surface area contributed by atoms with E-state index in [9.17, 15) is 22.4 Å². The normalized spacial score (nSPS) is 18.5. The quantitative estimate of drug-likeness (QED) is 0.595. The van der Waals surface area contributed by atoms with E-state index in [0.717, 1.165) is 11.1 Å². The Morgan fingerprint density at radius 3 is 2.74 bits per heavy atom. The third-order valence-corrected chi connectivity index (χ3v) is 4.89. The van der Waals surface area contributed by atoms with Gasteiger partial charge in [-0.05, 0) is 30.7 Å². The van der Waals surface area contributed by atoms with E-state index in [0.29, 0.717) is 24.4 Å². The van der Waals surface area contributed by atoms with Gasteiger partial charge in [0.05, 0.1) is 24.2 Å². The summed E-state index contributed by atoms with van der Waals surface area (Å²) >= 11 is 0. The number of hydrogen-bond donors (Lipinski definition) is 1. The molecule has 0 saturated heterocycles. The molecule has 2 aromatic rings. The number of allylic oxidation sites excluding steroid dienone is 1. The van der Waals surface area contributed by atoms with Crippen LogP contribution in [0.2, 0.25) is 0 Å². The predicted molar refractivity (Wildman–Crippen MR) is 104 cm³/mol. The van der Waals surface area contributed by atoms with E-state index in [1.807, 2.05) is 17.7 Å². The molecule has 0 radical (unpaired) electrons. The number of imidazole rings is 1. The third-order valence-electron chi connectivity index (χ3n) is 4.89. The molecule has 31 heavy (non-hydrogen) atoms. The Morgan fingerprint density at radius 1 is 1.32 bits per heavy atom. The number of alkyl halides is 3. The molecule has 168 valence electrons. The second-order valence-electron chi connectivity index (χ2n) is 7.45. The second kappa shape index (κ2) is 9.61. The second-order valence-corrected chi connectivity index (χ2v) is 7.45. The Kier molecular flexibility index (Phi) is 7.11. The van der Waals surface area contributed by atoms with Crippen molar-refractivity contribution in [3.05, 3.63) is 54.4 Å². The molecule has 6 nitrogen and oxygen atoms in total. The monoisotopic (exact) mass is 441 g/mol. The molecule has 0 spiro atoms. The van der Waals surface area contributed by atoms with Crippen LogP contribution in [0.5, 0.6) is 0 Å². The lowest BCUT2D eigenvalue weighted by Gasteiger charge is -2.34. The standard InChI is InChI=1S/C21H23F4N3O3/c1-13-7-15(22)3-4-18(13)19-10-28(12-26-19)6-5-14(2)27-20(29)11-30-16-8-17(9-16)31-21(23,24)25/h3-4,7,10,12,16-17H,2,5-6,8-9,11H2,1H3,(H,27,29)/t16-,17+. The molecule has 1 N–H and O–H groups in total. The fourth-order valence-corrected chi connectivity index (χ4v) is 3.23. The topological polar surface area (TPSA) is 65.4 Å². The molecule has 1 aliphatic rings. The van der Waals surface area contributed by atoms with Crippen LogP contribution in [0.15, 0.2) is 43.0 Å². The van der Waals surface area contributed by atoms with Crippen LogP contribution >= 0.6 is 0 Å². The van der Waals surface area contributed by atoms with Crippen molar-refractivity contribution in [1.82, 2.24) is 14.9 Å². The summed E-state index contributed by atoms with van der Waals surface area (Å²) in [7, 11) is 0. The maximum atomic E-state index is 13.3. The molecule has 1 heterocycles. The summed E-state index contributed by atoms with van der Waals surface area (Å²) in [5.74, 6) is -0.720. The minimum Gasteiger partial charge on any atom is -0.368 e. The van der Waals surface area contributed by atoms with E-state index >= 15 is 0 Å². The number of nitrogens with one attached hydrogen (secondary N) is 1. The van der Waals surface area contributed by atoms with E-state index in [-0.39, 0.29) is 25.3 Å². The zero-order chi connectivity index (χ0) is 22.6. The predicted octanol–water partition coefficient (Wildman–Crippen LogP) is 4.10. The van der Waals surface area contributed by atoms with Crippen LogP contribution < -0.4 is 5.32 Å². The Morgan fingerprint density at radius 2 is 2.06 bits per heavy atom. The molecule has 1 aromatic heterocycles. The molecule has 1 amide bonds. The minimum absolute atomic E-state index is 0.101. The summed E-state index contributed by atoms with van der Waals surface area (Å²) in [6.45, 7) is 5.87.